The highest BCUT2D eigenvalue weighted by atomic mass is 16.6. The Labute approximate surface area is 169 Å². The van der Waals surface area contributed by atoms with Gasteiger partial charge in [-0.3, -0.25) is 0 Å². The fourth-order valence-electron chi connectivity index (χ4n) is 3.13. The van der Waals surface area contributed by atoms with Crippen molar-refractivity contribution in [2.45, 2.75) is 51.8 Å². The van der Waals surface area contributed by atoms with Crippen LogP contribution in [0.5, 0.6) is 0 Å². The van der Waals surface area contributed by atoms with Gasteiger partial charge in [0.1, 0.15) is 18.3 Å². The Morgan fingerprint density at radius 1 is 1.34 bits per heavy atom. The summed E-state index contributed by atoms with van der Waals surface area (Å²) in [6.07, 6.45) is 5.82. The van der Waals surface area contributed by atoms with Gasteiger partial charge in [-0.15, -0.1) is 0 Å². The third kappa shape index (κ3) is 5.90. The molecule has 10 nitrogen and oxygen atoms in total. The molecule has 1 atom stereocenters. The first-order valence-corrected chi connectivity index (χ1v) is 9.63. The first-order valence-electron chi connectivity index (χ1n) is 9.63. The predicted molar refractivity (Wildman–Crippen MR) is 105 cm³/mol. The molecule has 1 aliphatic rings. The van der Waals surface area contributed by atoms with Crippen molar-refractivity contribution in [3.8, 4) is 5.82 Å². The molecule has 2 N–H and O–H groups in total. The maximum Gasteiger partial charge on any atom is 0.407 e. The lowest BCUT2D eigenvalue weighted by molar-refractivity contribution is 0.0479. The summed E-state index contributed by atoms with van der Waals surface area (Å²) in [5.74, 6) is 0.619. The van der Waals surface area contributed by atoms with E-state index in [2.05, 4.69) is 25.7 Å². The van der Waals surface area contributed by atoms with Crippen LogP contribution in [0.3, 0.4) is 0 Å². The summed E-state index contributed by atoms with van der Waals surface area (Å²) in [5.41, 5.74) is 0.271. The van der Waals surface area contributed by atoms with E-state index in [9.17, 15) is 9.59 Å². The van der Waals surface area contributed by atoms with Crippen LogP contribution < -0.4 is 10.6 Å². The van der Waals surface area contributed by atoms with Gasteiger partial charge in [0.25, 0.3) is 0 Å². The number of urea groups is 1. The molecule has 0 aliphatic carbocycles. The largest absolute Gasteiger partial charge is 0.444 e. The van der Waals surface area contributed by atoms with Crippen LogP contribution in [0, 0.1) is 0 Å². The predicted octanol–water partition coefficient (Wildman–Crippen LogP) is 1.86. The van der Waals surface area contributed by atoms with Gasteiger partial charge in [-0.1, -0.05) is 6.07 Å². The number of alkyl carbamates (subject to hydrolysis) is 1. The first kappa shape index (κ1) is 20.6. The number of likely N-dealkylation sites (tertiary alicyclic amines) is 1. The Morgan fingerprint density at radius 2 is 2.17 bits per heavy atom. The van der Waals surface area contributed by atoms with Crippen molar-refractivity contribution in [3.05, 3.63) is 36.5 Å². The number of hydrogen-bond acceptors (Lipinski definition) is 6. The number of nitrogens with one attached hydrogen (secondary N) is 2. The minimum atomic E-state index is -0.554. The van der Waals surface area contributed by atoms with Gasteiger partial charge in [0, 0.05) is 37.4 Å². The molecule has 29 heavy (non-hydrogen) atoms. The Kier molecular flexibility index (Phi) is 6.30. The summed E-state index contributed by atoms with van der Waals surface area (Å²) in [6.45, 7) is 6.84. The highest BCUT2D eigenvalue weighted by Crippen LogP contribution is 2.13. The summed E-state index contributed by atoms with van der Waals surface area (Å²) >= 11 is 0. The molecule has 0 spiro atoms. The highest BCUT2D eigenvalue weighted by Gasteiger charge is 2.26. The van der Waals surface area contributed by atoms with Gasteiger partial charge in [-0.2, -0.15) is 5.10 Å². The number of carbonyl (C=O) groups excluding carboxylic acids is 2. The molecule has 3 rings (SSSR count). The fourth-order valence-corrected chi connectivity index (χ4v) is 3.13. The quantitative estimate of drug-likeness (QED) is 0.808. The number of aromatic nitrogens is 4. The van der Waals surface area contributed by atoms with Crippen LogP contribution in [-0.2, 0) is 11.3 Å². The maximum atomic E-state index is 12.6. The molecular weight excluding hydrogens is 374 g/mol. The van der Waals surface area contributed by atoms with Crippen LogP contribution in [0.4, 0.5) is 9.59 Å². The van der Waals surface area contributed by atoms with E-state index in [0.29, 0.717) is 25.5 Å². The Morgan fingerprint density at radius 3 is 2.90 bits per heavy atom. The average Bonchev–Trinajstić information content (AvgIpc) is 3.19. The van der Waals surface area contributed by atoms with Crippen LogP contribution in [0.1, 0.15) is 39.2 Å². The van der Waals surface area contributed by atoms with E-state index >= 15 is 0 Å². The van der Waals surface area contributed by atoms with Crippen molar-refractivity contribution in [3.63, 3.8) is 0 Å². The van der Waals surface area contributed by atoms with Crippen molar-refractivity contribution in [2.75, 3.05) is 13.1 Å². The molecule has 10 heteroatoms. The van der Waals surface area contributed by atoms with Crippen molar-refractivity contribution >= 4 is 12.1 Å². The Balaban J connectivity index is 1.54. The van der Waals surface area contributed by atoms with Crippen molar-refractivity contribution < 1.29 is 14.3 Å². The topological polar surface area (TPSA) is 114 Å². The zero-order valence-corrected chi connectivity index (χ0v) is 17.0. The second-order valence-corrected chi connectivity index (χ2v) is 7.92. The van der Waals surface area contributed by atoms with E-state index in [4.69, 9.17) is 4.74 Å². The van der Waals surface area contributed by atoms with Crippen molar-refractivity contribution in [2.24, 2.45) is 0 Å². The van der Waals surface area contributed by atoms with Crippen LogP contribution in [-0.4, -0.2) is 61.5 Å². The molecule has 0 aromatic carbocycles. The van der Waals surface area contributed by atoms with E-state index in [1.54, 1.807) is 22.1 Å². The van der Waals surface area contributed by atoms with Crippen molar-refractivity contribution in [1.82, 2.24) is 35.3 Å². The fraction of sp³-hybridized carbons (Fsp3) is 0.526. The van der Waals surface area contributed by atoms with Gasteiger partial charge in [0.2, 0.25) is 0 Å². The molecule has 0 saturated carbocycles. The normalized spacial score (nSPS) is 16.9. The number of piperidine rings is 1. The molecule has 1 saturated heterocycles. The van der Waals surface area contributed by atoms with Gasteiger partial charge in [-0.25, -0.2) is 24.2 Å². The number of amides is 3. The summed E-state index contributed by atoms with van der Waals surface area (Å²) in [6, 6.07) is 3.37. The standard InChI is InChI=1S/C19H27N7O3/c1-19(2,3)29-18(28)24-15-7-5-9-25(11-15)17(27)22-10-14-6-4-8-21-16(14)26-13-20-12-23-26/h4,6,8,12-13,15H,5,7,9-11H2,1-3H3,(H,22,27)(H,24,28). The van der Waals surface area contributed by atoms with E-state index in [0.717, 1.165) is 18.4 Å². The minimum Gasteiger partial charge on any atom is -0.444 e. The summed E-state index contributed by atoms with van der Waals surface area (Å²) in [4.78, 5) is 34.6. The van der Waals surface area contributed by atoms with Crippen LogP contribution >= 0.6 is 0 Å². The maximum absolute atomic E-state index is 12.6. The molecule has 2 aromatic rings. The lowest BCUT2D eigenvalue weighted by atomic mass is 10.1. The molecule has 0 radical (unpaired) electrons. The summed E-state index contributed by atoms with van der Waals surface area (Å²) < 4.78 is 6.86. The molecule has 1 aliphatic heterocycles. The molecule has 0 bridgehead atoms. The average molecular weight is 401 g/mol. The van der Waals surface area contributed by atoms with E-state index in [-0.39, 0.29) is 12.1 Å². The van der Waals surface area contributed by atoms with E-state index < -0.39 is 11.7 Å². The number of hydrogen-bond donors (Lipinski definition) is 2. The molecule has 3 amide bonds. The van der Waals surface area contributed by atoms with E-state index in [1.807, 2.05) is 32.9 Å². The smallest absolute Gasteiger partial charge is 0.407 e. The molecular formula is C19H27N7O3. The number of carbonyl (C=O) groups is 2. The molecule has 1 fully saturated rings. The Bertz CT molecular complexity index is 833. The third-order valence-electron chi connectivity index (χ3n) is 4.36. The van der Waals surface area contributed by atoms with Gasteiger partial charge in [0.15, 0.2) is 5.82 Å². The second kappa shape index (κ2) is 8.89. The van der Waals surface area contributed by atoms with Gasteiger partial charge >= 0.3 is 12.1 Å². The van der Waals surface area contributed by atoms with Gasteiger partial charge in [-0.05, 0) is 39.7 Å². The second-order valence-electron chi connectivity index (χ2n) is 7.92. The monoisotopic (exact) mass is 401 g/mol. The van der Waals surface area contributed by atoms with Crippen molar-refractivity contribution in [1.29, 1.82) is 0 Å². The molecule has 156 valence electrons. The lowest BCUT2D eigenvalue weighted by Crippen LogP contribution is -2.52. The molecule has 3 heterocycles. The third-order valence-corrected chi connectivity index (χ3v) is 4.36. The zero-order valence-electron chi connectivity index (χ0n) is 17.0. The number of nitrogens with zero attached hydrogens (tertiary/aromatic N) is 5. The number of ether oxygens (including phenoxy) is 1. The molecule has 2 aromatic heterocycles. The number of rotatable bonds is 4. The summed E-state index contributed by atoms with van der Waals surface area (Å²) in [7, 11) is 0. The molecule has 1 unspecified atom stereocenters. The number of pyridine rings is 1. The van der Waals surface area contributed by atoms with Crippen LogP contribution in [0.25, 0.3) is 5.82 Å². The Hall–Kier alpha value is -3.17. The minimum absolute atomic E-state index is 0.131. The van der Waals surface area contributed by atoms with Crippen LogP contribution in [0.15, 0.2) is 31.0 Å². The SMILES string of the molecule is CC(C)(C)OC(=O)NC1CCCN(C(=O)NCc2cccnc2-n2cncn2)C1. The van der Waals surface area contributed by atoms with E-state index in [1.165, 1.54) is 6.33 Å². The lowest BCUT2D eigenvalue weighted by Gasteiger charge is -2.33. The summed E-state index contributed by atoms with van der Waals surface area (Å²) in [5, 5.41) is 9.87. The first-order chi connectivity index (χ1) is 13.8. The highest BCUT2D eigenvalue weighted by molar-refractivity contribution is 5.74. The van der Waals surface area contributed by atoms with Gasteiger partial charge in [0.05, 0.1) is 0 Å². The van der Waals surface area contributed by atoms with Crippen LogP contribution in [0.2, 0.25) is 0 Å². The zero-order chi connectivity index (χ0) is 20.9. The van der Waals surface area contributed by atoms with Gasteiger partial charge < -0.3 is 20.3 Å².